The Kier molecular flexibility index (Phi) is 6.73. The van der Waals surface area contributed by atoms with Crippen molar-refractivity contribution in [3.05, 3.63) is 65.1 Å². The molecule has 1 atom stereocenters. The van der Waals surface area contributed by atoms with E-state index in [1.807, 2.05) is 19.1 Å². The number of ether oxygens (including phenoxy) is 3. The van der Waals surface area contributed by atoms with Crippen molar-refractivity contribution in [2.45, 2.75) is 26.2 Å². The molecule has 2 aliphatic rings. The summed E-state index contributed by atoms with van der Waals surface area (Å²) in [5.74, 6) is 1.55. The Labute approximate surface area is 203 Å². The molecule has 1 fully saturated rings. The summed E-state index contributed by atoms with van der Waals surface area (Å²) in [4.78, 5) is 28.6. The lowest BCUT2D eigenvalue weighted by Crippen LogP contribution is -2.38. The Morgan fingerprint density at radius 3 is 2.66 bits per heavy atom. The second kappa shape index (κ2) is 10.2. The number of rotatable bonds is 7. The number of amides is 1. The van der Waals surface area contributed by atoms with E-state index in [1.165, 1.54) is 17.3 Å². The van der Waals surface area contributed by atoms with Gasteiger partial charge in [0.25, 0.3) is 5.91 Å². The van der Waals surface area contributed by atoms with E-state index in [-0.39, 0.29) is 11.9 Å². The van der Waals surface area contributed by atoms with Gasteiger partial charge in [0.1, 0.15) is 17.3 Å². The molecule has 1 aromatic carbocycles. The minimum absolute atomic E-state index is 0.292. The number of methoxy groups -OCH3 is 1. The fourth-order valence-corrected chi connectivity index (χ4v) is 4.02. The highest BCUT2D eigenvalue weighted by molar-refractivity contribution is 5.92. The number of fused-ring (bicyclic) bond motifs is 1. The van der Waals surface area contributed by atoms with Gasteiger partial charge in [0.05, 0.1) is 51.5 Å². The number of anilines is 3. The zero-order valence-corrected chi connectivity index (χ0v) is 19.8. The van der Waals surface area contributed by atoms with Crippen LogP contribution in [0.1, 0.15) is 40.3 Å². The van der Waals surface area contributed by atoms with E-state index in [2.05, 4.69) is 32.7 Å². The lowest BCUT2D eigenvalue weighted by molar-refractivity contribution is 0.0934. The van der Waals surface area contributed by atoms with E-state index in [1.54, 1.807) is 19.2 Å². The van der Waals surface area contributed by atoms with Gasteiger partial charge in [-0.1, -0.05) is 6.07 Å². The lowest BCUT2D eigenvalue weighted by atomic mass is 10.1. The highest BCUT2D eigenvalue weighted by Crippen LogP contribution is 2.27. The van der Waals surface area contributed by atoms with Crippen molar-refractivity contribution in [1.82, 2.24) is 20.3 Å². The molecule has 0 spiro atoms. The molecule has 182 valence electrons. The van der Waals surface area contributed by atoms with Gasteiger partial charge < -0.3 is 29.7 Å². The summed E-state index contributed by atoms with van der Waals surface area (Å²) in [5, 5.41) is 6.39. The molecule has 1 saturated heterocycles. The van der Waals surface area contributed by atoms with Crippen LogP contribution in [0, 0.1) is 0 Å². The maximum Gasteiger partial charge on any atom is 0.270 e. The minimum atomic E-state index is -0.372. The van der Waals surface area contributed by atoms with Crippen molar-refractivity contribution in [3.8, 4) is 5.75 Å². The minimum Gasteiger partial charge on any atom is -0.495 e. The average Bonchev–Trinajstić information content (AvgIpc) is 3.37. The van der Waals surface area contributed by atoms with Gasteiger partial charge in [-0.2, -0.15) is 4.98 Å². The first kappa shape index (κ1) is 23.0. The third-order valence-electron chi connectivity index (χ3n) is 6.02. The number of nitrogens with one attached hydrogen (secondary N) is 2. The second-order valence-corrected chi connectivity index (χ2v) is 8.46. The third-order valence-corrected chi connectivity index (χ3v) is 6.02. The van der Waals surface area contributed by atoms with Crippen LogP contribution >= 0.6 is 0 Å². The van der Waals surface area contributed by atoms with Gasteiger partial charge in [0, 0.05) is 24.8 Å². The molecule has 0 saturated carbocycles. The molecule has 4 heterocycles. The summed E-state index contributed by atoms with van der Waals surface area (Å²) in [6.07, 6.45) is 1.52. The quantitative estimate of drug-likeness (QED) is 0.532. The molecule has 0 radical (unpaired) electrons. The summed E-state index contributed by atoms with van der Waals surface area (Å²) in [6.45, 7) is 5.80. The number of carbonyl (C=O) groups excluding carboxylic acids is 1. The summed E-state index contributed by atoms with van der Waals surface area (Å²) >= 11 is 0. The molecule has 1 amide bonds. The summed E-state index contributed by atoms with van der Waals surface area (Å²) < 4.78 is 16.1. The first-order chi connectivity index (χ1) is 17.1. The summed E-state index contributed by atoms with van der Waals surface area (Å²) in [7, 11) is 1.56. The fraction of sp³-hybridized carbons (Fsp3) is 0.360. The molecule has 0 aliphatic carbocycles. The van der Waals surface area contributed by atoms with Crippen LogP contribution in [0.4, 0.5) is 17.5 Å². The van der Waals surface area contributed by atoms with Gasteiger partial charge in [-0.15, -0.1) is 0 Å². The van der Waals surface area contributed by atoms with Gasteiger partial charge in [0.2, 0.25) is 5.95 Å². The van der Waals surface area contributed by atoms with E-state index in [0.717, 1.165) is 5.69 Å². The Morgan fingerprint density at radius 1 is 1.06 bits per heavy atom. The van der Waals surface area contributed by atoms with Crippen molar-refractivity contribution >= 4 is 23.4 Å². The van der Waals surface area contributed by atoms with Crippen LogP contribution < -0.4 is 20.3 Å². The van der Waals surface area contributed by atoms with Crippen molar-refractivity contribution in [1.29, 1.82) is 0 Å². The van der Waals surface area contributed by atoms with E-state index < -0.39 is 0 Å². The maximum absolute atomic E-state index is 12.8. The number of pyridine rings is 1. The van der Waals surface area contributed by atoms with Gasteiger partial charge in [-0.05, 0) is 42.3 Å². The predicted molar refractivity (Wildman–Crippen MR) is 130 cm³/mol. The van der Waals surface area contributed by atoms with Gasteiger partial charge in [-0.25, -0.2) is 9.97 Å². The van der Waals surface area contributed by atoms with Crippen LogP contribution in [0.5, 0.6) is 5.75 Å². The number of benzene rings is 1. The molecule has 10 heteroatoms. The van der Waals surface area contributed by atoms with E-state index in [0.29, 0.717) is 68.4 Å². The molecule has 5 rings (SSSR count). The Bertz CT molecular complexity index is 1200. The zero-order chi connectivity index (χ0) is 24.2. The average molecular weight is 477 g/mol. The highest BCUT2D eigenvalue weighted by atomic mass is 16.5. The number of hydrogen-bond donors (Lipinski definition) is 2. The standard InChI is InChI=1S/C25H28N6O4/c1-16(27-24(32)21-6-5-20(33-2)13-26-21)22-12-23(30-25(29-22)31-7-9-34-10-8-31)28-19-4-3-17-14-35-15-18(17)11-19/h3-6,11-13,16H,7-10,14-15H2,1-2H3,(H,27,32)(H,28,29,30)/t16-/m0/s1. The van der Waals surface area contributed by atoms with Gasteiger partial charge in [0.15, 0.2) is 0 Å². The first-order valence-electron chi connectivity index (χ1n) is 11.6. The van der Waals surface area contributed by atoms with E-state index >= 15 is 0 Å². The topological polar surface area (TPSA) is 111 Å². The number of aromatic nitrogens is 3. The molecular weight excluding hydrogens is 448 g/mol. The van der Waals surface area contributed by atoms with Crippen molar-refractivity contribution in [2.24, 2.45) is 0 Å². The molecule has 0 unspecified atom stereocenters. The van der Waals surface area contributed by atoms with Crippen LogP contribution in [0.3, 0.4) is 0 Å². The van der Waals surface area contributed by atoms with Crippen LogP contribution in [0.25, 0.3) is 0 Å². The maximum atomic E-state index is 12.8. The Hall–Kier alpha value is -3.76. The SMILES string of the molecule is COc1ccc(C(=O)N[C@@H](C)c2cc(Nc3ccc4c(c3)COC4)nc(N3CCOCC3)n2)nc1. The highest BCUT2D eigenvalue weighted by Gasteiger charge is 2.20. The lowest BCUT2D eigenvalue weighted by Gasteiger charge is -2.28. The van der Waals surface area contributed by atoms with E-state index in [4.69, 9.17) is 24.2 Å². The predicted octanol–water partition coefficient (Wildman–Crippen LogP) is 2.98. The number of nitrogens with zero attached hydrogens (tertiary/aromatic N) is 4. The molecule has 10 nitrogen and oxygen atoms in total. The monoisotopic (exact) mass is 476 g/mol. The van der Waals surface area contributed by atoms with Crippen LogP contribution in [-0.2, 0) is 22.7 Å². The van der Waals surface area contributed by atoms with Gasteiger partial charge in [-0.3, -0.25) is 4.79 Å². The molecule has 2 aliphatic heterocycles. The second-order valence-electron chi connectivity index (χ2n) is 8.46. The molecular formula is C25H28N6O4. The van der Waals surface area contributed by atoms with Crippen molar-refractivity contribution in [3.63, 3.8) is 0 Å². The van der Waals surface area contributed by atoms with Crippen molar-refractivity contribution < 1.29 is 19.0 Å². The Balaban J connectivity index is 1.39. The van der Waals surface area contributed by atoms with Crippen LogP contribution in [0.15, 0.2) is 42.6 Å². The molecule has 2 N–H and O–H groups in total. The zero-order valence-electron chi connectivity index (χ0n) is 19.8. The molecule has 35 heavy (non-hydrogen) atoms. The van der Waals surface area contributed by atoms with Crippen LogP contribution in [-0.4, -0.2) is 54.3 Å². The molecule has 0 bridgehead atoms. The third kappa shape index (κ3) is 5.33. The smallest absolute Gasteiger partial charge is 0.270 e. The summed E-state index contributed by atoms with van der Waals surface area (Å²) in [6, 6.07) is 11.0. The number of morpholine rings is 1. The van der Waals surface area contributed by atoms with Crippen LogP contribution in [0.2, 0.25) is 0 Å². The largest absolute Gasteiger partial charge is 0.495 e. The van der Waals surface area contributed by atoms with E-state index in [9.17, 15) is 4.79 Å². The molecule has 3 aromatic rings. The normalized spacial score (nSPS) is 15.9. The summed E-state index contributed by atoms with van der Waals surface area (Å²) in [5.41, 5.74) is 4.29. The Morgan fingerprint density at radius 2 is 1.89 bits per heavy atom. The number of carbonyl (C=O) groups is 1. The molecule has 2 aromatic heterocycles. The van der Waals surface area contributed by atoms with Crippen molar-refractivity contribution in [2.75, 3.05) is 43.6 Å². The fourth-order valence-electron chi connectivity index (χ4n) is 4.02. The number of hydrogen-bond acceptors (Lipinski definition) is 9. The van der Waals surface area contributed by atoms with Gasteiger partial charge >= 0.3 is 0 Å². The first-order valence-corrected chi connectivity index (χ1v) is 11.6.